The summed E-state index contributed by atoms with van der Waals surface area (Å²) in [5, 5.41) is 3.37. The molecule has 0 bridgehead atoms. The first-order valence-electron chi connectivity index (χ1n) is 7.43. The standard InChI is InChI=1S/C15H24N2O3S/c1-3-17-21(18,19)10-9-16-15-6-4-5-12-11-13(20-2)7-8-14(12)15/h7-8,11,15-17H,3-6,9-10H2,1-2H3. The van der Waals surface area contributed by atoms with E-state index in [1.807, 2.05) is 6.07 Å². The summed E-state index contributed by atoms with van der Waals surface area (Å²) in [7, 11) is -1.48. The van der Waals surface area contributed by atoms with Gasteiger partial charge in [-0.1, -0.05) is 13.0 Å². The molecule has 1 aromatic carbocycles. The molecule has 1 aromatic rings. The lowest BCUT2D eigenvalue weighted by Crippen LogP contribution is -2.34. The van der Waals surface area contributed by atoms with Gasteiger partial charge in [0.15, 0.2) is 0 Å². The van der Waals surface area contributed by atoms with E-state index in [0.29, 0.717) is 13.1 Å². The monoisotopic (exact) mass is 312 g/mol. The molecule has 2 N–H and O–H groups in total. The molecule has 0 fully saturated rings. The number of hydrogen-bond donors (Lipinski definition) is 2. The molecule has 21 heavy (non-hydrogen) atoms. The van der Waals surface area contributed by atoms with E-state index in [4.69, 9.17) is 4.74 Å². The van der Waals surface area contributed by atoms with Crippen LogP contribution in [-0.2, 0) is 16.4 Å². The number of sulfonamides is 1. The van der Waals surface area contributed by atoms with Crippen molar-refractivity contribution in [1.82, 2.24) is 10.0 Å². The number of nitrogens with one attached hydrogen (secondary N) is 2. The first kappa shape index (κ1) is 16.3. The van der Waals surface area contributed by atoms with Gasteiger partial charge in [-0.3, -0.25) is 0 Å². The van der Waals surface area contributed by atoms with E-state index in [1.54, 1.807) is 14.0 Å². The molecule has 0 amide bonds. The molecule has 0 heterocycles. The molecule has 5 nitrogen and oxygen atoms in total. The van der Waals surface area contributed by atoms with E-state index in [-0.39, 0.29) is 11.8 Å². The Balaban J connectivity index is 1.97. The van der Waals surface area contributed by atoms with Crippen LogP contribution >= 0.6 is 0 Å². The molecular weight excluding hydrogens is 288 g/mol. The number of rotatable bonds is 7. The number of hydrogen-bond acceptors (Lipinski definition) is 4. The molecule has 2 rings (SSSR count). The van der Waals surface area contributed by atoms with Crippen LogP contribution in [0, 0.1) is 0 Å². The summed E-state index contributed by atoms with van der Waals surface area (Å²) in [4.78, 5) is 0. The van der Waals surface area contributed by atoms with Crippen molar-refractivity contribution in [1.29, 1.82) is 0 Å². The summed E-state index contributed by atoms with van der Waals surface area (Å²) in [6.45, 7) is 2.69. The number of benzene rings is 1. The first-order chi connectivity index (χ1) is 10.1. The maximum absolute atomic E-state index is 11.6. The SMILES string of the molecule is CCNS(=O)(=O)CCNC1CCCc2cc(OC)ccc21. The molecule has 0 saturated heterocycles. The van der Waals surface area contributed by atoms with E-state index in [1.165, 1.54) is 11.1 Å². The van der Waals surface area contributed by atoms with E-state index < -0.39 is 10.0 Å². The third-order valence-electron chi connectivity index (χ3n) is 3.79. The van der Waals surface area contributed by atoms with Crippen molar-refractivity contribution in [3.05, 3.63) is 29.3 Å². The van der Waals surface area contributed by atoms with Crippen LogP contribution < -0.4 is 14.8 Å². The number of fused-ring (bicyclic) bond motifs is 1. The molecule has 0 radical (unpaired) electrons. The van der Waals surface area contributed by atoms with Crippen molar-refractivity contribution in [2.24, 2.45) is 0 Å². The predicted octanol–water partition coefficient (Wildman–Crippen LogP) is 1.60. The Bertz CT molecular complexity index is 572. The Morgan fingerprint density at radius 2 is 2.19 bits per heavy atom. The summed E-state index contributed by atoms with van der Waals surface area (Å²) in [6, 6.07) is 6.37. The van der Waals surface area contributed by atoms with Crippen molar-refractivity contribution in [2.45, 2.75) is 32.2 Å². The number of aryl methyl sites for hydroxylation is 1. The van der Waals surface area contributed by atoms with Crippen LogP contribution in [0.3, 0.4) is 0 Å². The highest BCUT2D eigenvalue weighted by molar-refractivity contribution is 7.89. The fourth-order valence-corrected chi connectivity index (χ4v) is 3.76. The number of methoxy groups -OCH3 is 1. The van der Waals surface area contributed by atoms with Gasteiger partial charge >= 0.3 is 0 Å². The smallest absolute Gasteiger partial charge is 0.212 e. The second-order valence-corrected chi connectivity index (χ2v) is 7.21. The van der Waals surface area contributed by atoms with Crippen LogP contribution in [0.2, 0.25) is 0 Å². The topological polar surface area (TPSA) is 67.4 Å². The summed E-state index contributed by atoms with van der Waals surface area (Å²) in [5.74, 6) is 0.993. The van der Waals surface area contributed by atoms with Gasteiger partial charge in [0.25, 0.3) is 0 Å². The second-order valence-electron chi connectivity index (χ2n) is 5.28. The maximum atomic E-state index is 11.6. The largest absolute Gasteiger partial charge is 0.497 e. The van der Waals surface area contributed by atoms with Gasteiger partial charge in [-0.05, 0) is 42.5 Å². The molecule has 1 unspecified atom stereocenters. The van der Waals surface area contributed by atoms with Crippen LogP contribution in [0.1, 0.15) is 36.9 Å². The van der Waals surface area contributed by atoms with Crippen molar-refractivity contribution < 1.29 is 13.2 Å². The summed E-state index contributed by atoms with van der Waals surface area (Å²) in [6.07, 6.45) is 3.21. The normalized spacial score (nSPS) is 18.3. The molecule has 1 aliphatic rings. The highest BCUT2D eigenvalue weighted by Crippen LogP contribution is 2.31. The Morgan fingerprint density at radius 3 is 2.90 bits per heavy atom. The fraction of sp³-hybridized carbons (Fsp3) is 0.600. The zero-order valence-electron chi connectivity index (χ0n) is 12.7. The third kappa shape index (κ3) is 4.43. The quantitative estimate of drug-likeness (QED) is 0.802. The molecular formula is C15H24N2O3S. The van der Waals surface area contributed by atoms with Crippen LogP contribution in [0.15, 0.2) is 18.2 Å². The lowest BCUT2D eigenvalue weighted by Gasteiger charge is -2.27. The lowest BCUT2D eigenvalue weighted by atomic mass is 9.87. The molecule has 1 aliphatic carbocycles. The fourth-order valence-electron chi connectivity index (χ4n) is 2.79. The van der Waals surface area contributed by atoms with Gasteiger partial charge in [0.1, 0.15) is 5.75 Å². The van der Waals surface area contributed by atoms with E-state index in [2.05, 4.69) is 22.2 Å². The van der Waals surface area contributed by atoms with E-state index in [0.717, 1.165) is 25.0 Å². The Hall–Kier alpha value is -1.11. The van der Waals surface area contributed by atoms with Gasteiger partial charge in [0, 0.05) is 19.1 Å². The average molecular weight is 312 g/mol. The van der Waals surface area contributed by atoms with Gasteiger partial charge in [0.2, 0.25) is 10.0 Å². The minimum atomic E-state index is -3.15. The van der Waals surface area contributed by atoms with Crippen molar-refractivity contribution in [3.8, 4) is 5.75 Å². The van der Waals surface area contributed by atoms with Crippen molar-refractivity contribution in [3.63, 3.8) is 0 Å². The van der Waals surface area contributed by atoms with Gasteiger partial charge in [-0.25, -0.2) is 13.1 Å². The van der Waals surface area contributed by atoms with Gasteiger partial charge in [-0.15, -0.1) is 0 Å². The maximum Gasteiger partial charge on any atom is 0.212 e. The van der Waals surface area contributed by atoms with Crippen molar-refractivity contribution in [2.75, 3.05) is 26.0 Å². The minimum absolute atomic E-state index is 0.114. The summed E-state index contributed by atoms with van der Waals surface area (Å²) in [5.41, 5.74) is 2.57. The molecule has 1 atom stereocenters. The molecule has 118 valence electrons. The van der Waals surface area contributed by atoms with Gasteiger partial charge in [-0.2, -0.15) is 0 Å². The highest BCUT2D eigenvalue weighted by Gasteiger charge is 2.20. The van der Waals surface area contributed by atoms with Gasteiger partial charge < -0.3 is 10.1 Å². The Kier molecular flexibility index (Phi) is 5.61. The third-order valence-corrected chi connectivity index (χ3v) is 5.26. The molecule has 0 aromatic heterocycles. The summed E-state index contributed by atoms with van der Waals surface area (Å²) >= 11 is 0. The Morgan fingerprint density at radius 1 is 1.38 bits per heavy atom. The summed E-state index contributed by atoms with van der Waals surface area (Å²) < 4.78 is 31.0. The molecule has 0 saturated carbocycles. The van der Waals surface area contributed by atoms with Crippen LogP contribution in [0.5, 0.6) is 5.75 Å². The lowest BCUT2D eigenvalue weighted by molar-refractivity contribution is 0.411. The molecule has 0 aliphatic heterocycles. The van der Waals surface area contributed by atoms with Crippen LogP contribution in [0.25, 0.3) is 0 Å². The Labute approximate surface area is 127 Å². The zero-order valence-corrected chi connectivity index (χ0v) is 13.5. The van der Waals surface area contributed by atoms with Crippen LogP contribution in [0.4, 0.5) is 0 Å². The molecule has 6 heteroatoms. The zero-order chi connectivity index (χ0) is 15.3. The number of ether oxygens (including phenoxy) is 1. The second kappa shape index (κ2) is 7.24. The van der Waals surface area contributed by atoms with Gasteiger partial charge in [0.05, 0.1) is 12.9 Å². The first-order valence-corrected chi connectivity index (χ1v) is 9.08. The van der Waals surface area contributed by atoms with E-state index in [9.17, 15) is 8.42 Å². The molecule has 0 spiro atoms. The predicted molar refractivity (Wildman–Crippen MR) is 84.1 cm³/mol. The highest BCUT2D eigenvalue weighted by atomic mass is 32.2. The van der Waals surface area contributed by atoms with Crippen molar-refractivity contribution >= 4 is 10.0 Å². The van der Waals surface area contributed by atoms with Crippen LogP contribution in [-0.4, -0.2) is 34.4 Å². The minimum Gasteiger partial charge on any atom is -0.497 e. The van der Waals surface area contributed by atoms with E-state index >= 15 is 0 Å². The average Bonchev–Trinajstić information content (AvgIpc) is 2.46.